The van der Waals surface area contributed by atoms with E-state index in [0.29, 0.717) is 12.0 Å². The monoisotopic (exact) mass is 283 g/mol. The second-order valence-electron chi connectivity index (χ2n) is 6.14. The van der Waals surface area contributed by atoms with Crippen LogP contribution >= 0.6 is 11.6 Å². The lowest BCUT2D eigenvalue weighted by molar-refractivity contribution is 0.224. The van der Waals surface area contributed by atoms with Crippen molar-refractivity contribution in [2.24, 2.45) is 17.6 Å². The molecule has 3 unspecified atom stereocenters. The lowest BCUT2D eigenvalue weighted by Gasteiger charge is -2.33. The van der Waals surface area contributed by atoms with E-state index in [1.165, 1.54) is 32.1 Å². The van der Waals surface area contributed by atoms with Crippen LogP contribution in [-0.2, 0) is 0 Å². The van der Waals surface area contributed by atoms with Crippen LogP contribution in [0, 0.1) is 11.8 Å². The Morgan fingerprint density at radius 1 is 1.47 bits per heavy atom. The van der Waals surface area contributed by atoms with E-state index in [1.807, 2.05) is 4.68 Å². The molecule has 0 aliphatic heterocycles. The summed E-state index contributed by atoms with van der Waals surface area (Å²) in [5.41, 5.74) is 7.55. The summed E-state index contributed by atoms with van der Waals surface area (Å²) >= 11 is 6.31. The molecule has 19 heavy (non-hydrogen) atoms. The van der Waals surface area contributed by atoms with Gasteiger partial charge in [-0.15, -0.1) is 0 Å². The summed E-state index contributed by atoms with van der Waals surface area (Å²) in [4.78, 5) is 0. The fourth-order valence-corrected chi connectivity index (χ4v) is 3.58. The van der Waals surface area contributed by atoms with Crippen molar-refractivity contribution in [1.29, 1.82) is 0 Å². The number of nitrogens with two attached hydrogens (primary N) is 1. The molecular formula is C15H26ClN3. The SMILES string of the molecule is CCC1CCCC(C(N)c2c(Cl)cnn2C(C)C)C1. The number of hydrogen-bond donors (Lipinski definition) is 1. The first-order valence-corrected chi connectivity index (χ1v) is 7.90. The van der Waals surface area contributed by atoms with Gasteiger partial charge in [0.1, 0.15) is 0 Å². The summed E-state index contributed by atoms with van der Waals surface area (Å²) in [6, 6.07) is 0.325. The van der Waals surface area contributed by atoms with Crippen LogP contribution in [0.25, 0.3) is 0 Å². The van der Waals surface area contributed by atoms with Crippen LogP contribution in [0.4, 0.5) is 0 Å². The lowest BCUT2D eigenvalue weighted by Crippen LogP contribution is -2.29. The third-order valence-corrected chi connectivity index (χ3v) is 4.79. The number of aromatic nitrogens is 2. The van der Waals surface area contributed by atoms with Crippen molar-refractivity contribution in [2.45, 2.75) is 65.0 Å². The minimum absolute atomic E-state index is 0.0201. The highest BCUT2D eigenvalue weighted by molar-refractivity contribution is 6.31. The van der Waals surface area contributed by atoms with Crippen LogP contribution in [0.1, 0.15) is 70.7 Å². The molecule has 0 aromatic carbocycles. The lowest BCUT2D eigenvalue weighted by atomic mass is 9.76. The van der Waals surface area contributed by atoms with Gasteiger partial charge in [-0.2, -0.15) is 5.10 Å². The summed E-state index contributed by atoms with van der Waals surface area (Å²) in [5, 5.41) is 5.10. The molecule has 0 saturated heterocycles. The average Bonchev–Trinajstić information content (AvgIpc) is 2.80. The van der Waals surface area contributed by atoms with Crippen molar-refractivity contribution in [2.75, 3.05) is 0 Å². The predicted molar refractivity (Wildman–Crippen MR) is 80.3 cm³/mol. The van der Waals surface area contributed by atoms with Gasteiger partial charge in [0.05, 0.1) is 23.0 Å². The minimum Gasteiger partial charge on any atom is -0.322 e. The Morgan fingerprint density at radius 2 is 2.21 bits per heavy atom. The minimum atomic E-state index is 0.0201. The first-order valence-electron chi connectivity index (χ1n) is 7.53. The van der Waals surface area contributed by atoms with Crippen LogP contribution in [-0.4, -0.2) is 9.78 Å². The second kappa shape index (κ2) is 6.27. The van der Waals surface area contributed by atoms with Crippen molar-refractivity contribution in [1.82, 2.24) is 9.78 Å². The fraction of sp³-hybridized carbons (Fsp3) is 0.800. The quantitative estimate of drug-likeness (QED) is 0.893. The van der Waals surface area contributed by atoms with Gasteiger partial charge in [0.15, 0.2) is 0 Å². The molecule has 0 bridgehead atoms. The van der Waals surface area contributed by atoms with E-state index < -0.39 is 0 Å². The van der Waals surface area contributed by atoms with Gasteiger partial charge >= 0.3 is 0 Å². The maximum atomic E-state index is 6.53. The van der Waals surface area contributed by atoms with Crippen molar-refractivity contribution in [3.05, 3.63) is 16.9 Å². The van der Waals surface area contributed by atoms with E-state index in [0.717, 1.165) is 16.6 Å². The van der Waals surface area contributed by atoms with E-state index in [-0.39, 0.29) is 6.04 Å². The predicted octanol–water partition coefficient (Wildman–Crippen LogP) is 4.33. The van der Waals surface area contributed by atoms with Crippen molar-refractivity contribution in [3.63, 3.8) is 0 Å². The molecule has 0 amide bonds. The normalized spacial score (nSPS) is 25.8. The molecule has 1 fully saturated rings. The van der Waals surface area contributed by atoms with Gasteiger partial charge in [0.25, 0.3) is 0 Å². The average molecular weight is 284 g/mol. The molecule has 1 aliphatic carbocycles. The molecule has 108 valence electrons. The van der Waals surface area contributed by atoms with Crippen LogP contribution in [0.5, 0.6) is 0 Å². The highest BCUT2D eigenvalue weighted by Gasteiger charge is 2.30. The Kier molecular flexibility index (Phi) is 4.91. The molecule has 0 radical (unpaired) electrons. The topological polar surface area (TPSA) is 43.8 Å². The van der Waals surface area contributed by atoms with Gasteiger partial charge in [-0.25, -0.2) is 0 Å². The van der Waals surface area contributed by atoms with Gasteiger partial charge in [0.2, 0.25) is 0 Å². The Morgan fingerprint density at radius 3 is 2.84 bits per heavy atom. The molecule has 1 saturated carbocycles. The van der Waals surface area contributed by atoms with Crippen molar-refractivity contribution in [3.8, 4) is 0 Å². The van der Waals surface area contributed by atoms with E-state index in [1.54, 1.807) is 6.20 Å². The smallest absolute Gasteiger partial charge is 0.0834 e. The molecule has 0 spiro atoms. The third-order valence-electron chi connectivity index (χ3n) is 4.50. The number of nitrogens with zero attached hydrogens (tertiary/aromatic N) is 2. The van der Waals surface area contributed by atoms with Gasteiger partial charge in [0, 0.05) is 6.04 Å². The molecule has 1 aromatic rings. The van der Waals surface area contributed by atoms with Crippen LogP contribution < -0.4 is 5.73 Å². The largest absolute Gasteiger partial charge is 0.322 e. The fourth-order valence-electron chi connectivity index (χ4n) is 3.33. The molecule has 2 rings (SSSR count). The number of hydrogen-bond acceptors (Lipinski definition) is 2. The third kappa shape index (κ3) is 3.14. The standard InChI is InChI=1S/C15H26ClN3/c1-4-11-6-5-7-12(8-11)14(17)15-13(16)9-18-19(15)10(2)3/h9-12,14H,4-8,17H2,1-3H3. The maximum absolute atomic E-state index is 6.53. The number of rotatable bonds is 4. The second-order valence-corrected chi connectivity index (χ2v) is 6.55. The van der Waals surface area contributed by atoms with Gasteiger partial charge in [-0.3, -0.25) is 4.68 Å². The molecule has 1 heterocycles. The maximum Gasteiger partial charge on any atom is 0.0834 e. The van der Waals surface area contributed by atoms with Crippen molar-refractivity contribution < 1.29 is 0 Å². The van der Waals surface area contributed by atoms with Gasteiger partial charge in [-0.1, -0.05) is 37.8 Å². The summed E-state index contributed by atoms with van der Waals surface area (Å²) < 4.78 is 1.99. The van der Waals surface area contributed by atoms with Crippen LogP contribution in [0.2, 0.25) is 5.02 Å². The highest BCUT2D eigenvalue weighted by atomic mass is 35.5. The first kappa shape index (κ1) is 14.9. The number of halogens is 1. The van der Waals surface area contributed by atoms with Crippen LogP contribution in [0.15, 0.2) is 6.20 Å². The van der Waals surface area contributed by atoms with E-state index in [4.69, 9.17) is 17.3 Å². The Labute approximate surface area is 121 Å². The van der Waals surface area contributed by atoms with E-state index in [2.05, 4.69) is 25.9 Å². The van der Waals surface area contributed by atoms with Crippen molar-refractivity contribution >= 4 is 11.6 Å². The Balaban J connectivity index is 2.19. The van der Waals surface area contributed by atoms with Gasteiger partial charge in [-0.05, 0) is 38.5 Å². The zero-order chi connectivity index (χ0) is 14.0. The molecule has 2 N–H and O–H groups in total. The molecule has 4 heteroatoms. The summed E-state index contributed by atoms with van der Waals surface area (Å²) in [7, 11) is 0. The Hall–Kier alpha value is -0.540. The molecule has 3 atom stereocenters. The summed E-state index contributed by atoms with van der Waals surface area (Å²) in [6.45, 7) is 6.52. The summed E-state index contributed by atoms with van der Waals surface area (Å²) in [6.07, 6.45) is 8.10. The highest BCUT2D eigenvalue weighted by Crippen LogP contribution is 2.39. The zero-order valence-corrected chi connectivity index (χ0v) is 13.0. The molecule has 1 aliphatic rings. The van der Waals surface area contributed by atoms with Gasteiger partial charge < -0.3 is 5.73 Å². The zero-order valence-electron chi connectivity index (χ0n) is 12.3. The van der Waals surface area contributed by atoms with E-state index in [9.17, 15) is 0 Å². The molecule has 3 nitrogen and oxygen atoms in total. The Bertz CT molecular complexity index is 414. The molecule has 1 aromatic heterocycles. The first-order chi connectivity index (χ1) is 9.04. The summed E-state index contributed by atoms with van der Waals surface area (Å²) in [5.74, 6) is 1.38. The molecular weight excluding hydrogens is 258 g/mol. The van der Waals surface area contributed by atoms with E-state index >= 15 is 0 Å². The van der Waals surface area contributed by atoms with Crippen LogP contribution in [0.3, 0.4) is 0 Å².